The van der Waals surface area contributed by atoms with E-state index < -0.39 is 0 Å². The minimum absolute atomic E-state index is 0.289. The van der Waals surface area contributed by atoms with Gasteiger partial charge in [-0.1, -0.05) is 30.3 Å². The zero-order valence-electron chi connectivity index (χ0n) is 10.00. The molecule has 3 rings (SSSR count). The molecular formula is C14H15BrN2O. The largest absolute Gasteiger partial charge is 0.371 e. The predicted molar refractivity (Wildman–Crippen MR) is 73.2 cm³/mol. The highest BCUT2D eigenvalue weighted by molar-refractivity contribution is 9.10. The smallest absolute Gasteiger partial charge is 0.0804 e. The highest BCUT2D eigenvalue weighted by Crippen LogP contribution is 2.35. The molecule has 2 aromatic rings. The first-order chi connectivity index (χ1) is 8.83. The van der Waals surface area contributed by atoms with Crippen LogP contribution in [0.15, 0.2) is 47.2 Å². The SMILES string of the molecule is Brc1cnn(C2CCC2OCc2ccccc2)c1. The van der Waals surface area contributed by atoms with Crippen molar-refractivity contribution in [1.29, 1.82) is 0 Å². The van der Waals surface area contributed by atoms with Crippen molar-refractivity contribution in [2.45, 2.75) is 31.6 Å². The fourth-order valence-electron chi connectivity index (χ4n) is 2.22. The molecule has 0 radical (unpaired) electrons. The molecule has 0 bridgehead atoms. The number of hydrogen-bond donors (Lipinski definition) is 0. The zero-order chi connectivity index (χ0) is 12.4. The van der Waals surface area contributed by atoms with E-state index in [2.05, 4.69) is 33.2 Å². The molecule has 1 saturated carbocycles. The molecule has 0 N–H and O–H groups in total. The predicted octanol–water partition coefficient (Wildman–Crippen LogP) is 3.57. The van der Waals surface area contributed by atoms with Crippen molar-refractivity contribution >= 4 is 15.9 Å². The molecule has 0 saturated heterocycles. The zero-order valence-corrected chi connectivity index (χ0v) is 11.6. The lowest BCUT2D eigenvalue weighted by atomic mass is 9.89. The second-order valence-electron chi connectivity index (χ2n) is 4.62. The molecule has 1 aromatic heterocycles. The third-order valence-electron chi connectivity index (χ3n) is 3.39. The summed E-state index contributed by atoms with van der Waals surface area (Å²) in [5, 5.41) is 4.33. The van der Waals surface area contributed by atoms with Crippen LogP contribution in [-0.2, 0) is 11.3 Å². The van der Waals surface area contributed by atoms with E-state index in [1.807, 2.05) is 35.3 Å². The number of hydrogen-bond acceptors (Lipinski definition) is 2. The Morgan fingerprint density at radius 1 is 1.28 bits per heavy atom. The van der Waals surface area contributed by atoms with Gasteiger partial charge in [-0.05, 0) is 34.3 Å². The molecule has 1 heterocycles. The van der Waals surface area contributed by atoms with Gasteiger partial charge in [0.25, 0.3) is 0 Å². The van der Waals surface area contributed by atoms with Gasteiger partial charge in [0.1, 0.15) is 0 Å². The van der Waals surface area contributed by atoms with Crippen LogP contribution in [0, 0.1) is 0 Å². The van der Waals surface area contributed by atoms with Gasteiger partial charge in [0.2, 0.25) is 0 Å². The topological polar surface area (TPSA) is 27.1 Å². The fourth-order valence-corrected chi connectivity index (χ4v) is 2.52. The molecule has 1 aromatic carbocycles. The van der Waals surface area contributed by atoms with Crippen molar-refractivity contribution in [3.05, 3.63) is 52.8 Å². The van der Waals surface area contributed by atoms with Gasteiger partial charge in [-0.15, -0.1) is 0 Å². The summed E-state index contributed by atoms with van der Waals surface area (Å²) in [7, 11) is 0. The average molecular weight is 307 g/mol. The van der Waals surface area contributed by atoms with E-state index in [1.165, 1.54) is 5.56 Å². The molecule has 1 aliphatic carbocycles. The summed E-state index contributed by atoms with van der Waals surface area (Å²) in [5.74, 6) is 0. The molecule has 0 aliphatic heterocycles. The van der Waals surface area contributed by atoms with E-state index >= 15 is 0 Å². The summed E-state index contributed by atoms with van der Waals surface area (Å²) >= 11 is 3.43. The Bertz CT molecular complexity index is 512. The molecule has 1 fully saturated rings. The van der Waals surface area contributed by atoms with Crippen molar-refractivity contribution in [2.75, 3.05) is 0 Å². The van der Waals surface area contributed by atoms with E-state index in [0.717, 1.165) is 17.3 Å². The minimum atomic E-state index is 0.289. The molecule has 18 heavy (non-hydrogen) atoms. The molecule has 0 spiro atoms. The van der Waals surface area contributed by atoms with Crippen LogP contribution in [0.1, 0.15) is 24.4 Å². The third-order valence-corrected chi connectivity index (χ3v) is 3.80. The molecule has 2 atom stereocenters. The lowest BCUT2D eigenvalue weighted by Gasteiger charge is -2.36. The van der Waals surface area contributed by atoms with Gasteiger partial charge in [-0.25, -0.2) is 0 Å². The van der Waals surface area contributed by atoms with Gasteiger partial charge in [0, 0.05) is 6.20 Å². The number of aromatic nitrogens is 2. The molecule has 4 heteroatoms. The minimum Gasteiger partial charge on any atom is -0.371 e. The Balaban J connectivity index is 1.58. The van der Waals surface area contributed by atoms with Crippen LogP contribution < -0.4 is 0 Å². The van der Waals surface area contributed by atoms with E-state index in [4.69, 9.17) is 4.74 Å². The second kappa shape index (κ2) is 5.24. The number of benzene rings is 1. The maximum absolute atomic E-state index is 5.96. The highest BCUT2D eigenvalue weighted by atomic mass is 79.9. The number of halogens is 1. The van der Waals surface area contributed by atoms with Gasteiger partial charge in [0.15, 0.2) is 0 Å². The lowest BCUT2D eigenvalue weighted by Crippen LogP contribution is -2.36. The van der Waals surface area contributed by atoms with Gasteiger partial charge in [0.05, 0.1) is 29.4 Å². The maximum atomic E-state index is 5.96. The first kappa shape index (κ1) is 11.9. The standard InChI is InChI=1S/C14H15BrN2O/c15-12-8-16-17(9-12)13-6-7-14(13)18-10-11-4-2-1-3-5-11/h1-5,8-9,13-14H,6-7,10H2. The number of nitrogens with zero attached hydrogens (tertiary/aromatic N) is 2. The summed E-state index contributed by atoms with van der Waals surface area (Å²) in [6.45, 7) is 0.685. The average Bonchev–Trinajstić information content (AvgIpc) is 2.76. The molecule has 94 valence electrons. The monoisotopic (exact) mass is 306 g/mol. The summed E-state index contributed by atoms with van der Waals surface area (Å²) in [6.07, 6.45) is 6.40. The number of rotatable bonds is 4. The van der Waals surface area contributed by atoms with Gasteiger partial charge >= 0.3 is 0 Å². The summed E-state index contributed by atoms with van der Waals surface area (Å²) in [4.78, 5) is 0. The van der Waals surface area contributed by atoms with Crippen molar-refractivity contribution < 1.29 is 4.74 Å². The highest BCUT2D eigenvalue weighted by Gasteiger charge is 2.33. The van der Waals surface area contributed by atoms with Crippen molar-refractivity contribution in [2.24, 2.45) is 0 Å². The van der Waals surface area contributed by atoms with E-state index in [-0.39, 0.29) is 6.10 Å². The first-order valence-electron chi connectivity index (χ1n) is 6.18. The van der Waals surface area contributed by atoms with Crippen molar-refractivity contribution in [3.63, 3.8) is 0 Å². The molecule has 0 amide bonds. The second-order valence-corrected chi connectivity index (χ2v) is 5.53. The Hall–Kier alpha value is -1.13. The Labute approximate surface area is 115 Å². The quantitative estimate of drug-likeness (QED) is 0.863. The van der Waals surface area contributed by atoms with Crippen LogP contribution in [0.25, 0.3) is 0 Å². The van der Waals surface area contributed by atoms with Gasteiger partial charge in [-0.3, -0.25) is 4.68 Å². The maximum Gasteiger partial charge on any atom is 0.0804 e. The van der Waals surface area contributed by atoms with Crippen LogP contribution in [0.4, 0.5) is 0 Å². The summed E-state index contributed by atoms with van der Waals surface area (Å²) in [5.41, 5.74) is 1.23. The van der Waals surface area contributed by atoms with Crippen molar-refractivity contribution in [1.82, 2.24) is 9.78 Å². The third kappa shape index (κ3) is 2.49. The number of ether oxygens (including phenoxy) is 1. The Morgan fingerprint density at radius 3 is 2.72 bits per heavy atom. The fraction of sp³-hybridized carbons (Fsp3) is 0.357. The van der Waals surface area contributed by atoms with Crippen molar-refractivity contribution in [3.8, 4) is 0 Å². The molecule has 3 nitrogen and oxygen atoms in total. The molecular weight excluding hydrogens is 292 g/mol. The Kier molecular flexibility index (Phi) is 3.48. The molecule has 2 unspecified atom stereocenters. The van der Waals surface area contributed by atoms with Crippen LogP contribution in [0.3, 0.4) is 0 Å². The van der Waals surface area contributed by atoms with Crippen LogP contribution in [0.5, 0.6) is 0 Å². The molecule has 1 aliphatic rings. The Morgan fingerprint density at radius 2 is 2.11 bits per heavy atom. The van der Waals surface area contributed by atoms with E-state index in [0.29, 0.717) is 12.6 Å². The van der Waals surface area contributed by atoms with Crippen LogP contribution in [-0.4, -0.2) is 15.9 Å². The summed E-state index contributed by atoms with van der Waals surface area (Å²) < 4.78 is 8.99. The van der Waals surface area contributed by atoms with Gasteiger partial charge in [-0.2, -0.15) is 5.10 Å². The first-order valence-corrected chi connectivity index (χ1v) is 6.97. The van der Waals surface area contributed by atoms with Crippen LogP contribution >= 0.6 is 15.9 Å². The lowest BCUT2D eigenvalue weighted by molar-refractivity contribution is -0.0530. The van der Waals surface area contributed by atoms with E-state index in [9.17, 15) is 0 Å². The normalized spacial score (nSPS) is 22.7. The summed E-state index contributed by atoms with van der Waals surface area (Å²) in [6, 6.07) is 10.7. The van der Waals surface area contributed by atoms with E-state index in [1.54, 1.807) is 0 Å². The van der Waals surface area contributed by atoms with Gasteiger partial charge < -0.3 is 4.74 Å². The van der Waals surface area contributed by atoms with Crippen LogP contribution in [0.2, 0.25) is 0 Å².